The Kier molecular flexibility index (Phi) is 4.68. The first-order chi connectivity index (χ1) is 9.15. The largest absolute Gasteiger partial charge is 0.337 e. The molecular weight excluding hydrogens is 238 g/mol. The molecule has 1 aromatic carbocycles. The summed E-state index contributed by atoms with van der Waals surface area (Å²) in [6, 6.07) is 8.48. The maximum Gasteiger partial charge on any atom is 0.122 e. The highest BCUT2D eigenvalue weighted by atomic mass is 15.4. The molecule has 0 aliphatic rings. The van der Waals surface area contributed by atoms with Crippen molar-refractivity contribution in [2.75, 3.05) is 7.05 Å². The lowest BCUT2D eigenvalue weighted by atomic mass is 10.1. The molecule has 102 valence electrons. The van der Waals surface area contributed by atoms with Crippen LogP contribution < -0.4 is 11.2 Å². The van der Waals surface area contributed by atoms with Gasteiger partial charge in [-0.05, 0) is 11.1 Å². The number of hydrogen-bond donors (Lipinski definition) is 2. The third-order valence-corrected chi connectivity index (χ3v) is 2.99. The predicted octanol–water partition coefficient (Wildman–Crippen LogP) is 1.02. The Balaban J connectivity index is 1.81. The minimum absolute atomic E-state index is 0.765. The van der Waals surface area contributed by atoms with Crippen molar-refractivity contribution in [1.29, 1.82) is 0 Å². The molecule has 19 heavy (non-hydrogen) atoms. The third kappa shape index (κ3) is 4.17. The van der Waals surface area contributed by atoms with Gasteiger partial charge in [0, 0.05) is 39.6 Å². The second kappa shape index (κ2) is 6.47. The molecule has 0 radical (unpaired) electrons. The number of nitrogens with one attached hydrogen (secondary N) is 1. The van der Waals surface area contributed by atoms with Crippen LogP contribution in [0.2, 0.25) is 0 Å². The minimum atomic E-state index is 0.765. The zero-order valence-corrected chi connectivity index (χ0v) is 11.5. The molecule has 3 N–H and O–H groups in total. The summed E-state index contributed by atoms with van der Waals surface area (Å²) in [7, 11) is 3.87. The molecule has 2 aromatic rings. The van der Waals surface area contributed by atoms with Gasteiger partial charge in [-0.25, -0.2) is 9.99 Å². The average Bonchev–Trinajstić information content (AvgIpc) is 2.77. The van der Waals surface area contributed by atoms with Gasteiger partial charge in [-0.3, -0.25) is 5.84 Å². The highest BCUT2D eigenvalue weighted by molar-refractivity contribution is 5.22. The van der Waals surface area contributed by atoms with E-state index in [1.165, 1.54) is 11.1 Å². The van der Waals surface area contributed by atoms with Gasteiger partial charge in [0.25, 0.3) is 0 Å². The van der Waals surface area contributed by atoms with Gasteiger partial charge in [0.1, 0.15) is 5.82 Å². The summed E-state index contributed by atoms with van der Waals surface area (Å²) in [4.78, 5) is 4.27. The van der Waals surface area contributed by atoms with Crippen LogP contribution in [-0.4, -0.2) is 21.6 Å². The standard InChI is InChI=1S/C14H21N5/c1-18-8-7-17-14(18)10-16-9-12-3-5-13(6-4-12)11-19(2)15/h3-8,16H,9-11,15H2,1-2H3. The van der Waals surface area contributed by atoms with Crippen LogP contribution in [0.15, 0.2) is 36.7 Å². The van der Waals surface area contributed by atoms with E-state index in [-0.39, 0.29) is 0 Å². The van der Waals surface area contributed by atoms with E-state index >= 15 is 0 Å². The van der Waals surface area contributed by atoms with E-state index in [1.54, 1.807) is 5.01 Å². The van der Waals surface area contributed by atoms with Gasteiger partial charge in [0.05, 0.1) is 6.54 Å². The number of imidazole rings is 1. The summed E-state index contributed by atoms with van der Waals surface area (Å²) >= 11 is 0. The van der Waals surface area contributed by atoms with Crippen LogP contribution in [0.5, 0.6) is 0 Å². The van der Waals surface area contributed by atoms with E-state index in [4.69, 9.17) is 5.84 Å². The van der Waals surface area contributed by atoms with E-state index in [0.717, 1.165) is 25.5 Å². The molecule has 0 spiro atoms. The third-order valence-electron chi connectivity index (χ3n) is 2.99. The van der Waals surface area contributed by atoms with Crippen LogP contribution in [0, 0.1) is 0 Å². The Bertz CT molecular complexity index is 501. The molecule has 0 saturated heterocycles. The van der Waals surface area contributed by atoms with Crippen LogP contribution >= 0.6 is 0 Å². The maximum absolute atomic E-state index is 5.62. The lowest BCUT2D eigenvalue weighted by Crippen LogP contribution is -2.24. The van der Waals surface area contributed by atoms with Gasteiger partial charge < -0.3 is 9.88 Å². The topological polar surface area (TPSA) is 59.1 Å². The second-order valence-corrected chi connectivity index (χ2v) is 4.79. The van der Waals surface area contributed by atoms with Gasteiger partial charge in [-0.2, -0.15) is 0 Å². The molecule has 0 aliphatic carbocycles. The number of rotatable bonds is 6. The zero-order valence-electron chi connectivity index (χ0n) is 11.5. The van der Waals surface area contributed by atoms with Gasteiger partial charge in [0.15, 0.2) is 0 Å². The molecule has 1 aromatic heterocycles. The maximum atomic E-state index is 5.62. The monoisotopic (exact) mass is 259 g/mol. The Morgan fingerprint density at radius 2 is 1.89 bits per heavy atom. The summed E-state index contributed by atoms with van der Waals surface area (Å²) in [5.41, 5.74) is 2.48. The van der Waals surface area contributed by atoms with Crippen LogP contribution in [0.25, 0.3) is 0 Å². The number of nitrogens with two attached hydrogens (primary N) is 1. The molecular formula is C14H21N5. The lowest BCUT2D eigenvalue weighted by Gasteiger charge is -2.10. The lowest BCUT2D eigenvalue weighted by molar-refractivity contribution is 0.341. The molecule has 0 amide bonds. The molecule has 0 saturated carbocycles. The molecule has 0 unspecified atom stereocenters. The van der Waals surface area contributed by atoms with Crippen molar-refractivity contribution in [1.82, 2.24) is 19.9 Å². The Morgan fingerprint density at radius 3 is 2.47 bits per heavy atom. The number of nitrogens with zero attached hydrogens (tertiary/aromatic N) is 3. The first kappa shape index (κ1) is 13.7. The van der Waals surface area contributed by atoms with Gasteiger partial charge in [-0.15, -0.1) is 0 Å². The SMILES string of the molecule is CN(N)Cc1ccc(CNCc2nccn2C)cc1. The van der Waals surface area contributed by atoms with Crippen molar-refractivity contribution < 1.29 is 0 Å². The van der Waals surface area contributed by atoms with Gasteiger partial charge in [0.2, 0.25) is 0 Å². The number of aryl methyl sites for hydroxylation is 1. The predicted molar refractivity (Wildman–Crippen MR) is 75.8 cm³/mol. The van der Waals surface area contributed by atoms with Crippen LogP contribution in [0.4, 0.5) is 0 Å². The van der Waals surface area contributed by atoms with Crippen molar-refractivity contribution >= 4 is 0 Å². The zero-order chi connectivity index (χ0) is 13.7. The first-order valence-electron chi connectivity index (χ1n) is 6.35. The van der Waals surface area contributed by atoms with E-state index < -0.39 is 0 Å². The molecule has 5 heteroatoms. The molecule has 1 heterocycles. The molecule has 0 bridgehead atoms. The second-order valence-electron chi connectivity index (χ2n) is 4.79. The molecule has 0 aliphatic heterocycles. The van der Waals surface area contributed by atoms with Crippen molar-refractivity contribution in [2.24, 2.45) is 12.9 Å². The number of aromatic nitrogens is 2. The molecule has 0 fully saturated rings. The number of benzene rings is 1. The fourth-order valence-electron chi connectivity index (χ4n) is 1.94. The van der Waals surface area contributed by atoms with E-state index in [0.29, 0.717) is 0 Å². The minimum Gasteiger partial charge on any atom is -0.337 e. The Morgan fingerprint density at radius 1 is 1.21 bits per heavy atom. The molecule has 0 atom stereocenters. The van der Waals surface area contributed by atoms with E-state index in [9.17, 15) is 0 Å². The molecule has 2 rings (SSSR count). The fraction of sp³-hybridized carbons (Fsp3) is 0.357. The van der Waals surface area contributed by atoms with Crippen molar-refractivity contribution in [3.8, 4) is 0 Å². The van der Waals surface area contributed by atoms with Crippen molar-refractivity contribution in [2.45, 2.75) is 19.6 Å². The van der Waals surface area contributed by atoms with E-state index in [1.807, 2.05) is 31.1 Å². The Hall–Kier alpha value is -1.69. The number of hydrogen-bond acceptors (Lipinski definition) is 4. The van der Waals surface area contributed by atoms with Crippen LogP contribution in [-0.2, 0) is 26.7 Å². The Labute approximate surface area is 114 Å². The summed E-state index contributed by atoms with van der Waals surface area (Å²) in [5.74, 6) is 6.67. The summed E-state index contributed by atoms with van der Waals surface area (Å²) < 4.78 is 2.02. The van der Waals surface area contributed by atoms with Crippen molar-refractivity contribution in [3.63, 3.8) is 0 Å². The summed E-state index contributed by atoms with van der Waals surface area (Å²) in [5, 5.41) is 5.06. The van der Waals surface area contributed by atoms with Crippen LogP contribution in [0.3, 0.4) is 0 Å². The highest BCUT2D eigenvalue weighted by Gasteiger charge is 1.99. The average molecular weight is 259 g/mol. The highest BCUT2D eigenvalue weighted by Crippen LogP contribution is 2.05. The van der Waals surface area contributed by atoms with Gasteiger partial charge in [-0.1, -0.05) is 24.3 Å². The first-order valence-corrected chi connectivity index (χ1v) is 6.35. The number of hydrazine groups is 1. The normalized spacial score (nSPS) is 11.2. The quantitative estimate of drug-likeness (QED) is 0.600. The van der Waals surface area contributed by atoms with Crippen molar-refractivity contribution in [3.05, 3.63) is 53.6 Å². The molecule has 5 nitrogen and oxygen atoms in total. The summed E-state index contributed by atoms with van der Waals surface area (Å²) in [6.07, 6.45) is 3.77. The smallest absolute Gasteiger partial charge is 0.122 e. The summed E-state index contributed by atoms with van der Waals surface area (Å²) in [6.45, 7) is 2.38. The van der Waals surface area contributed by atoms with E-state index in [2.05, 4.69) is 34.6 Å². The van der Waals surface area contributed by atoms with Gasteiger partial charge >= 0.3 is 0 Å². The fourth-order valence-corrected chi connectivity index (χ4v) is 1.94. The van der Waals surface area contributed by atoms with Crippen LogP contribution in [0.1, 0.15) is 17.0 Å².